The summed E-state index contributed by atoms with van der Waals surface area (Å²) in [5.74, 6) is 0. The number of aromatic nitrogens is 1. The third-order valence-corrected chi connectivity index (χ3v) is 6.34. The number of rotatable bonds is 1. The van der Waals surface area contributed by atoms with Crippen molar-refractivity contribution in [2.75, 3.05) is 0 Å². The first-order chi connectivity index (χ1) is 13.7. The van der Waals surface area contributed by atoms with Gasteiger partial charge in [-0.3, -0.25) is 0 Å². The lowest BCUT2D eigenvalue weighted by molar-refractivity contribution is 1.17. The molecule has 0 fully saturated rings. The van der Waals surface area contributed by atoms with E-state index in [1.807, 2.05) is 0 Å². The molecule has 5 aromatic rings. The lowest BCUT2D eigenvalue weighted by Gasteiger charge is -2.13. The zero-order valence-electron chi connectivity index (χ0n) is 16.2. The van der Waals surface area contributed by atoms with Crippen molar-refractivity contribution < 1.29 is 0 Å². The van der Waals surface area contributed by atoms with Crippen LogP contribution in [-0.2, 0) is 6.42 Å². The lowest BCUT2D eigenvalue weighted by Crippen LogP contribution is -1.96. The summed E-state index contributed by atoms with van der Waals surface area (Å²) in [7, 11) is 0. The Kier molecular flexibility index (Phi) is 3.14. The molecule has 0 spiro atoms. The predicted octanol–water partition coefficient (Wildman–Crippen LogP) is 6.97. The molecule has 1 heteroatoms. The first-order valence-corrected chi connectivity index (χ1v) is 9.94. The minimum atomic E-state index is 1.04. The molecule has 28 heavy (non-hydrogen) atoms. The van der Waals surface area contributed by atoms with E-state index >= 15 is 0 Å². The largest absolute Gasteiger partial charge is 0.309 e. The van der Waals surface area contributed by atoms with Gasteiger partial charge in [-0.25, -0.2) is 0 Å². The summed E-state index contributed by atoms with van der Waals surface area (Å²) in [5, 5.41) is 2.68. The summed E-state index contributed by atoms with van der Waals surface area (Å²) < 4.78 is 2.46. The Hall–Kier alpha value is -3.32. The molecule has 0 saturated carbocycles. The van der Waals surface area contributed by atoms with Crippen molar-refractivity contribution in [2.45, 2.75) is 20.3 Å². The standard InChI is InChI=1S/C27H21N/c1-17-9-8-13-21-22(17)16-23-18(2)15-24-20-12-6-7-14-25(20)28(27(24)26(21)23)19-10-4-3-5-11-19/h3-15H,16H2,1-2H3. The number of hydrogen-bond donors (Lipinski definition) is 0. The monoisotopic (exact) mass is 359 g/mol. The average Bonchev–Trinajstić information content (AvgIpc) is 3.27. The van der Waals surface area contributed by atoms with E-state index in [1.165, 1.54) is 60.9 Å². The molecule has 1 nitrogen and oxygen atoms in total. The van der Waals surface area contributed by atoms with E-state index in [1.54, 1.807) is 0 Å². The second-order valence-electron chi connectivity index (χ2n) is 7.91. The average molecular weight is 359 g/mol. The van der Waals surface area contributed by atoms with Gasteiger partial charge in [-0.2, -0.15) is 0 Å². The van der Waals surface area contributed by atoms with Crippen LogP contribution in [0.3, 0.4) is 0 Å². The Bertz CT molecular complexity index is 1390. The fourth-order valence-electron chi connectivity index (χ4n) is 5.01. The van der Waals surface area contributed by atoms with Crippen LogP contribution in [0.1, 0.15) is 22.3 Å². The van der Waals surface area contributed by atoms with Crippen molar-refractivity contribution >= 4 is 21.8 Å². The highest BCUT2D eigenvalue weighted by Crippen LogP contribution is 2.47. The minimum absolute atomic E-state index is 1.04. The zero-order valence-corrected chi connectivity index (χ0v) is 16.2. The normalized spacial score (nSPS) is 12.5. The van der Waals surface area contributed by atoms with Crippen molar-refractivity contribution in [3.63, 3.8) is 0 Å². The van der Waals surface area contributed by atoms with Crippen molar-refractivity contribution in [1.82, 2.24) is 4.57 Å². The Morgan fingerprint density at radius 1 is 0.679 bits per heavy atom. The Morgan fingerprint density at radius 2 is 1.46 bits per heavy atom. The highest BCUT2D eigenvalue weighted by Gasteiger charge is 2.27. The molecule has 0 atom stereocenters. The molecule has 1 aliphatic carbocycles. The van der Waals surface area contributed by atoms with E-state index in [9.17, 15) is 0 Å². The molecule has 0 saturated heterocycles. The van der Waals surface area contributed by atoms with Crippen LogP contribution in [0.4, 0.5) is 0 Å². The third-order valence-electron chi connectivity index (χ3n) is 6.34. The van der Waals surface area contributed by atoms with Crippen LogP contribution in [0.5, 0.6) is 0 Å². The third kappa shape index (κ3) is 1.96. The van der Waals surface area contributed by atoms with Crippen LogP contribution in [0, 0.1) is 13.8 Å². The highest BCUT2D eigenvalue weighted by molar-refractivity contribution is 6.15. The SMILES string of the molecule is Cc1cccc2c1Cc1c(C)cc3c4ccccc4n(-c4ccccc4)c3c1-2. The number of hydrogen-bond acceptors (Lipinski definition) is 0. The zero-order chi connectivity index (χ0) is 18.8. The second kappa shape index (κ2) is 5.59. The van der Waals surface area contributed by atoms with Gasteiger partial charge in [-0.05, 0) is 72.4 Å². The molecule has 4 aromatic carbocycles. The molecule has 0 N–H and O–H groups in total. The number of fused-ring (bicyclic) bond motifs is 7. The minimum Gasteiger partial charge on any atom is -0.309 e. The van der Waals surface area contributed by atoms with E-state index in [0.29, 0.717) is 0 Å². The molecule has 134 valence electrons. The maximum absolute atomic E-state index is 2.46. The predicted molar refractivity (Wildman–Crippen MR) is 118 cm³/mol. The van der Waals surface area contributed by atoms with E-state index in [4.69, 9.17) is 0 Å². The number of aryl methyl sites for hydroxylation is 2. The Labute approximate surface area is 164 Å². The van der Waals surface area contributed by atoms with Gasteiger partial charge >= 0.3 is 0 Å². The van der Waals surface area contributed by atoms with Gasteiger partial charge in [0.25, 0.3) is 0 Å². The van der Waals surface area contributed by atoms with Gasteiger partial charge in [-0.15, -0.1) is 0 Å². The van der Waals surface area contributed by atoms with Crippen LogP contribution in [0.2, 0.25) is 0 Å². The van der Waals surface area contributed by atoms with Crippen LogP contribution >= 0.6 is 0 Å². The summed E-state index contributed by atoms with van der Waals surface area (Å²) in [6, 6.07) is 28.7. The van der Waals surface area contributed by atoms with Crippen LogP contribution in [-0.4, -0.2) is 4.57 Å². The van der Waals surface area contributed by atoms with Gasteiger partial charge in [0, 0.05) is 22.0 Å². The number of para-hydroxylation sites is 2. The van der Waals surface area contributed by atoms with E-state index in [0.717, 1.165) is 6.42 Å². The molecule has 1 aliphatic rings. The Morgan fingerprint density at radius 3 is 2.32 bits per heavy atom. The molecule has 0 unspecified atom stereocenters. The fraction of sp³-hybridized carbons (Fsp3) is 0.111. The quantitative estimate of drug-likeness (QED) is 0.299. The highest BCUT2D eigenvalue weighted by atomic mass is 15.0. The van der Waals surface area contributed by atoms with Gasteiger partial charge in [0.2, 0.25) is 0 Å². The van der Waals surface area contributed by atoms with Crippen LogP contribution in [0.15, 0.2) is 78.9 Å². The molecule has 1 heterocycles. The van der Waals surface area contributed by atoms with Crippen molar-refractivity contribution in [3.05, 3.63) is 101 Å². The smallest absolute Gasteiger partial charge is 0.0622 e. The summed E-state index contributed by atoms with van der Waals surface area (Å²) in [5.41, 5.74) is 12.4. The number of nitrogens with zero attached hydrogens (tertiary/aromatic N) is 1. The van der Waals surface area contributed by atoms with E-state index in [2.05, 4.69) is 97.3 Å². The van der Waals surface area contributed by atoms with Gasteiger partial charge in [0.1, 0.15) is 0 Å². The summed E-state index contributed by atoms with van der Waals surface area (Å²) >= 11 is 0. The maximum Gasteiger partial charge on any atom is 0.0622 e. The summed E-state index contributed by atoms with van der Waals surface area (Å²) in [6.45, 7) is 4.51. The van der Waals surface area contributed by atoms with E-state index in [-0.39, 0.29) is 0 Å². The molecular weight excluding hydrogens is 338 g/mol. The van der Waals surface area contributed by atoms with Crippen LogP contribution in [0.25, 0.3) is 38.6 Å². The maximum atomic E-state index is 2.46. The van der Waals surface area contributed by atoms with E-state index < -0.39 is 0 Å². The molecule has 0 radical (unpaired) electrons. The topological polar surface area (TPSA) is 4.93 Å². The molecule has 0 aliphatic heterocycles. The Balaban J connectivity index is 1.88. The van der Waals surface area contributed by atoms with Crippen molar-refractivity contribution in [1.29, 1.82) is 0 Å². The molecule has 6 rings (SSSR count). The first kappa shape index (κ1) is 15.7. The number of benzene rings is 4. The molecular formula is C27H21N. The fourth-order valence-corrected chi connectivity index (χ4v) is 5.01. The molecule has 0 bridgehead atoms. The molecule has 1 aromatic heterocycles. The first-order valence-electron chi connectivity index (χ1n) is 9.94. The summed E-state index contributed by atoms with van der Waals surface area (Å²) in [4.78, 5) is 0. The van der Waals surface area contributed by atoms with Crippen molar-refractivity contribution in [3.8, 4) is 16.8 Å². The molecule has 0 amide bonds. The summed E-state index contributed by atoms with van der Waals surface area (Å²) in [6.07, 6.45) is 1.04. The van der Waals surface area contributed by atoms with Gasteiger partial charge in [-0.1, -0.05) is 54.6 Å². The second-order valence-corrected chi connectivity index (χ2v) is 7.91. The van der Waals surface area contributed by atoms with Gasteiger partial charge in [0.05, 0.1) is 11.0 Å². The van der Waals surface area contributed by atoms with Gasteiger partial charge < -0.3 is 4.57 Å². The van der Waals surface area contributed by atoms with Gasteiger partial charge in [0.15, 0.2) is 0 Å². The lowest BCUT2D eigenvalue weighted by atomic mass is 9.97. The van der Waals surface area contributed by atoms with Crippen LogP contribution < -0.4 is 0 Å². The van der Waals surface area contributed by atoms with Crippen molar-refractivity contribution in [2.24, 2.45) is 0 Å².